The molecule has 1 N–H and O–H groups in total. The van der Waals surface area contributed by atoms with E-state index in [2.05, 4.69) is 42.8 Å². The fraction of sp³-hybridized carbons (Fsp3) is 0.812. The highest BCUT2D eigenvalue weighted by Gasteiger charge is 2.14. The Bertz CT molecular complexity index is 312. The quantitative estimate of drug-likeness (QED) is 0.595. The summed E-state index contributed by atoms with van der Waals surface area (Å²) in [7, 11) is 0. The number of nitrogens with zero attached hydrogens (tertiary/aromatic N) is 2. The normalized spacial score (nSPS) is 18.6. The average Bonchev–Trinajstić information content (AvgIpc) is 2.41. The standard InChI is InChI=1S/C16H31N3O/c1-5-18-11-13-19(14-12-18)10-6-9-17-15(20)7-8-16(2,3)4/h7-8H,5-6,9-14H2,1-4H3,(H,17,20). The average molecular weight is 281 g/mol. The molecule has 0 aliphatic carbocycles. The molecule has 0 atom stereocenters. The van der Waals surface area contributed by atoms with Gasteiger partial charge in [0.25, 0.3) is 0 Å². The summed E-state index contributed by atoms with van der Waals surface area (Å²) < 4.78 is 0. The van der Waals surface area contributed by atoms with Gasteiger partial charge in [-0.25, -0.2) is 0 Å². The molecular weight excluding hydrogens is 250 g/mol. The van der Waals surface area contributed by atoms with Crippen LogP contribution in [0.1, 0.15) is 34.1 Å². The van der Waals surface area contributed by atoms with Crippen molar-refractivity contribution in [2.45, 2.75) is 34.1 Å². The van der Waals surface area contributed by atoms with Gasteiger partial charge in [0.2, 0.25) is 5.91 Å². The highest BCUT2D eigenvalue weighted by Crippen LogP contribution is 2.13. The molecule has 1 heterocycles. The van der Waals surface area contributed by atoms with E-state index in [1.165, 1.54) is 13.1 Å². The van der Waals surface area contributed by atoms with Crippen LogP contribution < -0.4 is 5.32 Å². The molecule has 0 unspecified atom stereocenters. The van der Waals surface area contributed by atoms with E-state index in [1.54, 1.807) is 6.08 Å². The van der Waals surface area contributed by atoms with Crippen molar-refractivity contribution in [2.75, 3.05) is 45.8 Å². The topological polar surface area (TPSA) is 35.6 Å². The maximum absolute atomic E-state index is 11.6. The number of carbonyl (C=O) groups excluding carboxylic acids is 1. The van der Waals surface area contributed by atoms with Gasteiger partial charge in [0.05, 0.1) is 0 Å². The molecule has 1 rings (SSSR count). The molecule has 0 bridgehead atoms. The monoisotopic (exact) mass is 281 g/mol. The third kappa shape index (κ3) is 7.65. The van der Waals surface area contributed by atoms with Crippen LogP contribution in [0.15, 0.2) is 12.2 Å². The van der Waals surface area contributed by atoms with Crippen molar-refractivity contribution in [3.63, 3.8) is 0 Å². The Morgan fingerprint density at radius 2 is 1.75 bits per heavy atom. The molecule has 4 nitrogen and oxygen atoms in total. The van der Waals surface area contributed by atoms with E-state index in [0.717, 1.165) is 39.1 Å². The van der Waals surface area contributed by atoms with Gasteiger partial charge in [0.15, 0.2) is 0 Å². The lowest BCUT2D eigenvalue weighted by Crippen LogP contribution is -2.46. The predicted molar refractivity (Wildman–Crippen MR) is 84.8 cm³/mol. The van der Waals surface area contributed by atoms with Crippen molar-refractivity contribution in [3.05, 3.63) is 12.2 Å². The van der Waals surface area contributed by atoms with Crippen molar-refractivity contribution >= 4 is 5.91 Å². The molecule has 0 radical (unpaired) electrons. The van der Waals surface area contributed by atoms with E-state index >= 15 is 0 Å². The number of nitrogens with one attached hydrogen (secondary N) is 1. The minimum absolute atomic E-state index is 0.0238. The SMILES string of the molecule is CCN1CCN(CCCNC(=O)C=CC(C)(C)C)CC1. The first-order chi connectivity index (χ1) is 9.40. The zero-order valence-corrected chi connectivity index (χ0v) is 13.6. The van der Waals surface area contributed by atoms with Crippen LogP contribution in [0.4, 0.5) is 0 Å². The second-order valence-electron chi connectivity index (χ2n) is 6.62. The molecule has 1 aliphatic rings. The number of piperazine rings is 1. The summed E-state index contributed by atoms with van der Waals surface area (Å²) in [5.74, 6) is 0.0238. The Balaban J connectivity index is 2.08. The second kappa shape index (κ2) is 8.42. The maximum Gasteiger partial charge on any atom is 0.243 e. The summed E-state index contributed by atoms with van der Waals surface area (Å²) in [4.78, 5) is 16.6. The van der Waals surface area contributed by atoms with Crippen LogP contribution in [0.5, 0.6) is 0 Å². The van der Waals surface area contributed by atoms with E-state index in [0.29, 0.717) is 0 Å². The number of hydrogen-bond acceptors (Lipinski definition) is 3. The highest BCUT2D eigenvalue weighted by molar-refractivity contribution is 5.87. The molecule has 4 heteroatoms. The summed E-state index contributed by atoms with van der Waals surface area (Å²) in [5.41, 5.74) is 0.0658. The third-order valence-corrected chi connectivity index (χ3v) is 3.60. The molecule has 116 valence electrons. The minimum atomic E-state index is 0.0238. The van der Waals surface area contributed by atoms with Crippen LogP contribution in [-0.2, 0) is 4.79 Å². The Morgan fingerprint density at radius 1 is 1.15 bits per heavy atom. The van der Waals surface area contributed by atoms with Crippen LogP contribution >= 0.6 is 0 Å². The molecular formula is C16H31N3O. The zero-order chi connectivity index (χ0) is 15.0. The van der Waals surface area contributed by atoms with E-state index in [4.69, 9.17) is 0 Å². The summed E-state index contributed by atoms with van der Waals surface area (Å²) in [6.45, 7) is 16.2. The number of allylic oxidation sites excluding steroid dienone is 1. The lowest BCUT2D eigenvalue weighted by molar-refractivity contribution is -0.116. The molecule has 0 aromatic carbocycles. The van der Waals surface area contributed by atoms with E-state index in [1.807, 2.05) is 6.08 Å². The smallest absolute Gasteiger partial charge is 0.243 e. The van der Waals surface area contributed by atoms with Crippen LogP contribution in [0.2, 0.25) is 0 Å². The first kappa shape index (κ1) is 17.2. The second-order valence-corrected chi connectivity index (χ2v) is 6.62. The fourth-order valence-corrected chi connectivity index (χ4v) is 2.23. The van der Waals surface area contributed by atoms with E-state index in [-0.39, 0.29) is 11.3 Å². The molecule has 1 amide bonds. The first-order valence-electron chi connectivity index (χ1n) is 7.82. The summed E-state index contributed by atoms with van der Waals surface area (Å²) in [6.07, 6.45) is 4.63. The Morgan fingerprint density at radius 3 is 2.30 bits per heavy atom. The number of likely N-dealkylation sites (N-methyl/N-ethyl adjacent to an activating group) is 1. The molecule has 0 aromatic heterocycles. The fourth-order valence-electron chi connectivity index (χ4n) is 2.23. The molecule has 20 heavy (non-hydrogen) atoms. The van der Waals surface area contributed by atoms with Gasteiger partial charge in [-0.3, -0.25) is 4.79 Å². The van der Waals surface area contributed by atoms with Crippen molar-refractivity contribution in [1.82, 2.24) is 15.1 Å². The van der Waals surface area contributed by atoms with Gasteiger partial charge in [0.1, 0.15) is 0 Å². The van der Waals surface area contributed by atoms with Crippen LogP contribution in [0.25, 0.3) is 0 Å². The largest absolute Gasteiger partial charge is 0.353 e. The van der Waals surface area contributed by atoms with Crippen molar-refractivity contribution in [3.8, 4) is 0 Å². The molecule has 1 aliphatic heterocycles. The summed E-state index contributed by atoms with van der Waals surface area (Å²) >= 11 is 0. The third-order valence-electron chi connectivity index (χ3n) is 3.60. The predicted octanol–water partition coefficient (Wildman–Crippen LogP) is 1.73. The van der Waals surface area contributed by atoms with Gasteiger partial charge in [-0.2, -0.15) is 0 Å². The highest BCUT2D eigenvalue weighted by atomic mass is 16.1. The number of amides is 1. The number of carbonyl (C=O) groups is 1. The molecule has 0 spiro atoms. The van der Waals surface area contributed by atoms with Gasteiger partial charge in [-0.1, -0.05) is 33.8 Å². The first-order valence-corrected chi connectivity index (χ1v) is 7.82. The number of rotatable bonds is 6. The molecule has 1 fully saturated rings. The van der Waals surface area contributed by atoms with Gasteiger partial charge in [-0.15, -0.1) is 0 Å². The molecule has 0 saturated carbocycles. The van der Waals surface area contributed by atoms with Crippen LogP contribution in [-0.4, -0.2) is 61.5 Å². The summed E-state index contributed by atoms with van der Waals surface area (Å²) in [5, 5.41) is 2.95. The Kier molecular flexibility index (Phi) is 7.24. The van der Waals surface area contributed by atoms with Crippen LogP contribution in [0.3, 0.4) is 0 Å². The minimum Gasteiger partial charge on any atom is -0.353 e. The van der Waals surface area contributed by atoms with Gasteiger partial charge in [0, 0.05) is 32.7 Å². The lowest BCUT2D eigenvalue weighted by atomic mass is 9.96. The maximum atomic E-state index is 11.6. The number of hydrogen-bond donors (Lipinski definition) is 1. The van der Waals surface area contributed by atoms with Crippen molar-refractivity contribution in [1.29, 1.82) is 0 Å². The van der Waals surface area contributed by atoms with Gasteiger partial charge >= 0.3 is 0 Å². The Labute approximate surface area is 124 Å². The molecule has 0 aromatic rings. The van der Waals surface area contributed by atoms with Gasteiger partial charge in [-0.05, 0) is 31.0 Å². The van der Waals surface area contributed by atoms with Crippen LogP contribution in [0, 0.1) is 5.41 Å². The summed E-state index contributed by atoms with van der Waals surface area (Å²) in [6, 6.07) is 0. The van der Waals surface area contributed by atoms with E-state index < -0.39 is 0 Å². The Hall–Kier alpha value is -0.870. The van der Waals surface area contributed by atoms with Crippen molar-refractivity contribution < 1.29 is 4.79 Å². The van der Waals surface area contributed by atoms with Crippen molar-refractivity contribution in [2.24, 2.45) is 5.41 Å². The molecule has 1 saturated heterocycles. The van der Waals surface area contributed by atoms with E-state index in [9.17, 15) is 4.79 Å². The lowest BCUT2D eigenvalue weighted by Gasteiger charge is -2.33. The van der Waals surface area contributed by atoms with Gasteiger partial charge < -0.3 is 15.1 Å². The zero-order valence-electron chi connectivity index (χ0n) is 13.6.